The van der Waals surface area contributed by atoms with E-state index in [4.69, 9.17) is 5.26 Å². The van der Waals surface area contributed by atoms with Gasteiger partial charge in [0, 0.05) is 26.7 Å². The lowest BCUT2D eigenvalue weighted by molar-refractivity contribution is 0.735. The molecular formula is C17H17N3. The zero-order chi connectivity index (χ0) is 13.9. The van der Waals surface area contributed by atoms with Crippen LogP contribution in [-0.4, -0.2) is 20.1 Å². The Morgan fingerprint density at radius 1 is 1.05 bits per heavy atom. The minimum atomic E-state index is 0.727. The third-order valence-corrected chi connectivity index (χ3v) is 3.77. The molecule has 0 saturated heterocycles. The smallest absolute Gasteiger partial charge is 0.0991 e. The van der Waals surface area contributed by atoms with Gasteiger partial charge in [0.1, 0.15) is 0 Å². The van der Waals surface area contributed by atoms with Gasteiger partial charge in [-0.15, -0.1) is 0 Å². The van der Waals surface area contributed by atoms with Crippen molar-refractivity contribution in [3.63, 3.8) is 0 Å². The monoisotopic (exact) mass is 263 g/mol. The highest BCUT2D eigenvalue weighted by Gasteiger charge is 2.19. The van der Waals surface area contributed by atoms with Crippen LogP contribution in [0.3, 0.4) is 0 Å². The Labute approximate surface area is 119 Å². The first-order valence-electron chi connectivity index (χ1n) is 6.82. The number of nitrogens with zero attached hydrogens (tertiary/aromatic N) is 3. The predicted octanol–water partition coefficient (Wildman–Crippen LogP) is 3.01. The maximum Gasteiger partial charge on any atom is 0.0991 e. The minimum Gasteiger partial charge on any atom is -0.371 e. The fourth-order valence-electron chi connectivity index (χ4n) is 2.69. The maximum absolute atomic E-state index is 8.99. The third-order valence-electron chi connectivity index (χ3n) is 3.77. The molecule has 2 aromatic carbocycles. The van der Waals surface area contributed by atoms with Gasteiger partial charge in [0.2, 0.25) is 0 Å². The molecule has 0 spiro atoms. The Morgan fingerprint density at radius 3 is 2.65 bits per heavy atom. The minimum absolute atomic E-state index is 0.727. The molecule has 20 heavy (non-hydrogen) atoms. The number of fused-ring (bicyclic) bond motifs is 1. The highest BCUT2D eigenvalue weighted by Crippen LogP contribution is 2.32. The molecule has 0 amide bonds. The van der Waals surface area contributed by atoms with E-state index < -0.39 is 0 Å². The van der Waals surface area contributed by atoms with Crippen molar-refractivity contribution >= 4 is 11.4 Å². The normalized spacial score (nSPS) is 13.8. The van der Waals surface area contributed by atoms with Crippen LogP contribution >= 0.6 is 0 Å². The molecule has 3 nitrogen and oxygen atoms in total. The fraction of sp³-hybridized carbons (Fsp3) is 0.235. The van der Waals surface area contributed by atoms with Gasteiger partial charge in [0.05, 0.1) is 23.0 Å². The van der Waals surface area contributed by atoms with Crippen molar-refractivity contribution in [2.24, 2.45) is 0 Å². The average molecular weight is 263 g/mol. The molecule has 0 unspecified atom stereocenters. The second kappa shape index (κ2) is 5.26. The summed E-state index contributed by atoms with van der Waals surface area (Å²) in [5.41, 5.74) is 4.45. The summed E-state index contributed by atoms with van der Waals surface area (Å²) in [5, 5.41) is 8.99. The van der Waals surface area contributed by atoms with Crippen molar-refractivity contribution < 1.29 is 0 Å². The van der Waals surface area contributed by atoms with Gasteiger partial charge in [-0.05, 0) is 29.8 Å². The maximum atomic E-state index is 8.99. The van der Waals surface area contributed by atoms with Gasteiger partial charge in [-0.2, -0.15) is 5.26 Å². The van der Waals surface area contributed by atoms with Crippen molar-refractivity contribution in [3.8, 4) is 6.07 Å². The number of rotatable bonds is 2. The zero-order valence-electron chi connectivity index (χ0n) is 11.6. The van der Waals surface area contributed by atoms with Crippen LogP contribution in [-0.2, 0) is 6.54 Å². The summed E-state index contributed by atoms with van der Waals surface area (Å²) < 4.78 is 0. The molecule has 0 saturated carbocycles. The number of nitriles is 1. The van der Waals surface area contributed by atoms with E-state index in [-0.39, 0.29) is 0 Å². The Balaban J connectivity index is 1.89. The molecule has 0 aromatic heterocycles. The van der Waals surface area contributed by atoms with E-state index in [2.05, 4.69) is 53.2 Å². The second-order valence-electron chi connectivity index (χ2n) is 5.14. The van der Waals surface area contributed by atoms with Crippen LogP contribution in [0.25, 0.3) is 0 Å². The number of anilines is 2. The quantitative estimate of drug-likeness (QED) is 0.834. The van der Waals surface area contributed by atoms with E-state index in [0.717, 1.165) is 25.2 Å². The molecule has 0 fully saturated rings. The van der Waals surface area contributed by atoms with Crippen molar-refractivity contribution in [1.82, 2.24) is 0 Å². The molecular weight excluding hydrogens is 246 g/mol. The van der Waals surface area contributed by atoms with Crippen LogP contribution < -0.4 is 9.80 Å². The summed E-state index contributed by atoms with van der Waals surface area (Å²) in [6.45, 7) is 2.87. The lowest BCUT2D eigenvalue weighted by Gasteiger charge is -2.37. The molecule has 2 aromatic rings. The standard InChI is InChI=1S/C17H17N3/c1-19-9-10-20(17-8-3-2-7-16(17)19)13-15-6-4-5-14(11-15)12-18/h2-8,11H,9-10,13H2,1H3. The number of hydrogen-bond donors (Lipinski definition) is 0. The van der Waals surface area contributed by atoms with E-state index in [1.165, 1.54) is 16.9 Å². The van der Waals surface area contributed by atoms with E-state index in [0.29, 0.717) is 0 Å². The summed E-state index contributed by atoms with van der Waals surface area (Å²) in [6, 6.07) is 18.5. The highest BCUT2D eigenvalue weighted by atomic mass is 15.2. The Bertz CT molecular complexity index is 657. The number of benzene rings is 2. The number of para-hydroxylation sites is 2. The topological polar surface area (TPSA) is 30.3 Å². The molecule has 100 valence electrons. The van der Waals surface area contributed by atoms with Crippen molar-refractivity contribution in [1.29, 1.82) is 5.26 Å². The molecule has 1 aliphatic heterocycles. The van der Waals surface area contributed by atoms with Gasteiger partial charge in [0.15, 0.2) is 0 Å². The molecule has 1 aliphatic rings. The Kier molecular flexibility index (Phi) is 3.30. The van der Waals surface area contributed by atoms with Crippen LogP contribution in [0.1, 0.15) is 11.1 Å². The Morgan fingerprint density at radius 2 is 1.85 bits per heavy atom. The zero-order valence-corrected chi connectivity index (χ0v) is 11.6. The van der Waals surface area contributed by atoms with Gasteiger partial charge in [-0.1, -0.05) is 24.3 Å². The first-order chi connectivity index (χ1) is 9.78. The van der Waals surface area contributed by atoms with Gasteiger partial charge >= 0.3 is 0 Å². The highest BCUT2D eigenvalue weighted by molar-refractivity contribution is 5.73. The molecule has 1 heterocycles. The van der Waals surface area contributed by atoms with Gasteiger partial charge in [0.25, 0.3) is 0 Å². The largest absolute Gasteiger partial charge is 0.371 e. The molecule has 0 atom stereocenters. The third kappa shape index (κ3) is 2.33. The lowest BCUT2D eigenvalue weighted by Crippen LogP contribution is -2.38. The predicted molar refractivity (Wildman–Crippen MR) is 81.9 cm³/mol. The van der Waals surface area contributed by atoms with Gasteiger partial charge in [-0.25, -0.2) is 0 Å². The van der Waals surface area contributed by atoms with Crippen LogP contribution in [0.4, 0.5) is 11.4 Å². The first kappa shape index (κ1) is 12.6. The average Bonchev–Trinajstić information content (AvgIpc) is 2.51. The molecule has 0 N–H and O–H groups in total. The SMILES string of the molecule is CN1CCN(Cc2cccc(C#N)c2)c2ccccc21. The number of hydrogen-bond acceptors (Lipinski definition) is 3. The van der Waals surface area contributed by atoms with Gasteiger partial charge < -0.3 is 9.80 Å². The van der Waals surface area contributed by atoms with Crippen molar-refractivity contribution in [2.75, 3.05) is 29.9 Å². The van der Waals surface area contributed by atoms with Crippen LogP contribution in [0, 0.1) is 11.3 Å². The van der Waals surface area contributed by atoms with E-state index in [9.17, 15) is 0 Å². The van der Waals surface area contributed by atoms with Crippen LogP contribution in [0.15, 0.2) is 48.5 Å². The molecule has 0 bridgehead atoms. The van der Waals surface area contributed by atoms with Crippen LogP contribution in [0.2, 0.25) is 0 Å². The van der Waals surface area contributed by atoms with Crippen LogP contribution in [0.5, 0.6) is 0 Å². The van der Waals surface area contributed by atoms with Crippen molar-refractivity contribution in [2.45, 2.75) is 6.54 Å². The summed E-state index contributed by atoms with van der Waals surface area (Å²) in [6.07, 6.45) is 0. The summed E-state index contributed by atoms with van der Waals surface area (Å²) in [5.74, 6) is 0. The van der Waals surface area contributed by atoms with E-state index in [1.807, 2.05) is 18.2 Å². The van der Waals surface area contributed by atoms with Crippen molar-refractivity contribution in [3.05, 3.63) is 59.7 Å². The Hall–Kier alpha value is -2.47. The molecule has 0 radical (unpaired) electrons. The molecule has 3 heteroatoms. The molecule has 3 rings (SSSR count). The van der Waals surface area contributed by atoms with E-state index in [1.54, 1.807) is 0 Å². The van der Waals surface area contributed by atoms with E-state index >= 15 is 0 Å². The lowest BCUT2D eigenvalue weighted by atomic mass is 10.1. The van der Waals surface area contributed by atoms with Gasteiger partial charge in [-0.3, -0.25) is 0 Å². The number of likely N-dealkylation sites (N-methyl/N-ethyl adjacent to an activating group) is 1. The summed E-state index contributed by atoms with van der Waals surface area (Å²) >= 11 is 0. The second-order valence-corrected chi connectivity index (χ2v) is 5.14. The summed E-state index contributed by atoms with van der Waals surface area (Å²) in [7, 11) is 2.13. The molecule has 0 aliphatic carbocycles. The fourth-order valence-corrected chi connectivity index (χ4v) is 2.69. The first-order valence-corrected chi connectivity index (χ1v) is 6.82. The summed E-state index contributed by atoms with van der Waals surface area (Å²) in [4.78, 5) is 4.67.